The second kappa shape index (κ2) is 5.18. The minimum atomic E-state index is -0.393. The summed E-state index contributed by atoms with van der Waals surface area (Å²) in [6, 6.07) is 8.39. The summed E-state index contributed by atoms with van der Waals surface area (Å²) in [6.07, 6.45) is 0. The highest BCUT2D eigenvalue weighted by molar-refractivity contribution is 6.05. The third kappa shape index (κ3) is 2.78. The molecule has 0 aliphatic carbocycles. The van der Waals surface area contributed by atoms with Crippen LogP contribution in [0.4, 0.5) is 14.5 Å². The monoisotopic (exact) mass is 261 g/mol. The normalized spacial score (nSPS) is 10.3. The summed E-state index contributed by atoms with van der Waals surface area (Å²) in [6.45, 7) is 3.24. The minimum absolute atomic E-state index is 0.366. The molecule has 4 heteroatoms. The summed E-state index contributed by atoms with van der Waals surface area (Å²) < 4.78 is 26.3. The zero-order valence-corrected chi connectivity index (χ0v) is 10.6. The predicted octanol–water partition coefficient (Wildman–Crippen LogP) is 3.83. The van der Waals surface area contributed by atoms with E-state index in [1.54, 1.807) is 19.9 Å². The zero-order chi connectivity index (χ0) is 14.0. The van der Waals surface area contributed by atoms with Gasteiger partial charge in [0.05, 0.1) is 0 Å². The number of benzene rings is 2. The summed E-state index contributed by atoms with van der Waals surface area (Å²) in [5.41, 5.74) is 1.68. The van der Waals surface area contributed by atoms with E-state index in [1.165, 1.54) is 30.3 Å². The number of hydrogen-bond donors (Lipinski definition) is 1. The van der Waals surface area contributed by atoms with Gasteiger partial charge in [-0.15, -0.1) is 0 Å². The van der Waals surface area contributed by atoms with E-state index in [4.69, 9.17) is 0 Å². The van der Waals surface area contributed by atoms with Crippen molar-refractivity contribution in [1.82, 2.24) is 0 Å². The van der Waals surface area contributed by atoms with Crippen molar-refractivity contribution in [3.05, 3.63) is 64.7 Å². The van der Waals surface area contributed by atoms with Gasteiger partial charge in [-0.3, -0.25) is 4.79 Å². The quantitative estimate of drug-likeness (QED) is 0.874. The lowest BCUT2D eigenvalue weighted by molar-refractivity contribution is 0.102. The van der Waals surface area contributed by atoms with Crippen LogP contribution in [0.3, 0.4) is 0 Å². The van der Waals surface area contributed by atoms with E-state index in [9.17, 15) is 13.6 Å². The van der Waals surface area contributed by atoms with E-state index in [1.807, 2.05) is 0 Å². The van der Waals surface area contributed by atoms with Crippen molar-refractivity contribution >= 4 is 11.6 Å². The molecule has 0 atom stereocenters. The molecule has 0 saturated heterocycles. The van der Waals surface area contributed by atoms with Gasteiger partial charge >= 0.3 is 0 Å². The van der Waals surface area contributed by atoms with Gasteiger partial charge in [0.25, 0.3) is 5.91 Å². The van der Waals surface area contributed by atoms with Crippen molar-refractivity contribution in [3.63, 3.8) is 0 Å². The highest BCUT2D eigenvalue weighted by atomic mass is 19.1. The van der Waals surface area contributed by atoms with Gasteiger partial charge in [0, 0.05) is 16.8 Å². The molecule has 0 saturated carbocycles. The Kier molecular flexibility index (Phi) is 3.60. The maximum absolute atomic E-state index is 13.4. The van der Waals surface area contributed by atoms with Crippen LogP contribution >= 0.6 is 0 Å². The first-order valence-corrected chi connectivity index (χ1v) is 5.81. The molecule has 98 valence electrons. The molecule has 2 aromatic rings. The van der Waals surface area contributed by atoms with Crippen molar-refractivity contribution in [2.24, 2.45) is 0 Å². The standard InChI is InChI=1S/C15H13F2NO/c1-9-8-11(16)6-7-12(9)15(19)18-14-5-3-4-13(17)10(14)2/h3-8H,1-2H3,(H,18,19). The van der Waals surface area contributed by atoms with Gasteiger partial charge in [-0.2, -0.15) is 0 Å². The van der Waals surface area contributed by atoms with Crippen molar-refractivity contribution < 1.29 is 13.6 Å². The number of amides is 1. The molecule has 0 fully saturated rings. The minimum Gasteiger partial charge on any atom is -0.322 e. The molecule has 0 bridgehead atoms. The number of nitrogens with one attached hydrogen (secondary N) is 1. The summed E-state index contributed by atoms with van der Waals surface area (Å²) in [7, 11) is 0. The van der Waals surface area contributed by atoms with Crippen LogP contribution in [0.25, 0.3) is 0 Å². The smallest absolute Gasteiger partial charge is 0.255 e. The molecule has 0 unspecified atom stereocenters. The zero-order valence-electron chi connectivity index (χ0n) is 10.6. The van der Waals surface area contributed by atoms with Gasteiger partial charge in [-0.25, -0.2) is 8.78 Å². The molecule has 2 rings (SSSR count). The van der Waals surface area contributed by atoms with E-state index in [0.717, 1.165) is 0 Å². The second-order valence-corrected chi connectivity index (χ2v) is 4.33. The van der Waals surface area contributed by atoms with Crippen LogP contribution < -0.4 is 5.32 Å². The van der Waals surface area contributed by atoms with E-state index >= 15 is 0 Å². The van der Waals surface area contributed by atoms with Gasteiger partial charge in [-0.1, -0.05) is 6.07 Å². The summed E-state index contributed by atoms with van der Waals surface area (Å²) >= 11 is 0. The maximum Gasteiger partial charge on any atom is 0.255 e. The Balaban J connectivity index is 2.28. The molecular weight excluding hydrogens is 248 g/mol. The lowest BCUT2D eigenvalue weighted by Crippen LogP contribution is -2.14. The molecule has 1 N–H and O–H groups in total. The fourth-order valence-electron chi connectivity index (χ4n) is 1.81. The number of carbonyl (C=O) groups is 1. The van der Waals surface area contributed by atoms with E-state index in [-0.39, 0.29) is 11.7 Å². The van der Waals surface area contributed by atoms with Crippen molar-refractivity contribution in [1.29, 1.82) is 0 Å². The number of aryl methyl sites for hydroxylation is 1. The Morgan fingerprint density at radius 1 is 1.11 bits per heavy atom. The van der Waals surface area contributed by atoms with Crippen LogP contribution in [-0.2, 0) is 0 Å². The Bertz CT molecular complexity index is 638. The van der Waals surface area contributed by atoms with Gasteiger partial charge in [0.2, 0.25) is 0 Å². The van der Waals surface area contributed by atoms with Gasteiger partial charge < -0.3 is 5.32 Å². The number of hydrogen-bond acceptors (Lipinski definition) is 1. The van der Waals surface area contributed by atoms with Gasteiger partial charge in [0.15, 0.2) is 0 Å². The summed E-state index contributed by atoms with van der Waals surface area (Å²) in [5.74, 6) is -1.16. The van der Waals surface area contributed by atoms with Gasteiger partial charge in [-0.05, 0) is 49.7 Å². The fraction of sp³-hybridized carbons (Fsp3) is 0.133. The third-order valence-corrected chi connectivity index (χ3v) is 2.95. The van der Waals surface area contributed by atoms with Crippen LogP contribution in [0, 0.1) is 25.5 Å². The lowest BCUT2D eigenvalue weighted by Gasteiger charge is -2.10. The van der Waals surface area contributed by atoms with Crippen LogP contribution in [0.1, 0.15) is 21.5 Å². The Morgan fingerprint density at radius 3 is 2.53 bits per heavy atom. The van der Waals surface area contributed by atoms with Crippen LogP contribution in [0.5, 0.6) is 0 Å². The van der Waals surface area contributed by atoms with Crippen LogP contribution in [0.15, 0.2) is 36.4 Å². The SMILES string of the molecule is Cc1cc(F)ccc1C(=O)Nc1cccc(F)c1C. The van der Waals surface area contributed by atoms with E-state index in [2.05, 4.69) is 5.32 Å². The highest BCUT2D eigenvalue weighted by Crippen LogP contribution is 2.19. The number of rotatable bonds is 2. The number of halogens is 2. The van der Waals surface area contributed by atoms with Gasteiger partial charge in [0.1, 0.15) is 11.6 Å². The molecule has 0 aliphatic heterocycles. The maximum atomic E-state index is 13.4. The van der Waals surface area contributed by atoms with Crippen molar-refractivity contribution in [3.8, 4) is 0 Å². The predicted molar refractivity (Wildman–Crippen MR) is 70.2 cm³/mol. The molecule has 0 spiro atoms. The topological polar surface area (TPSA) is 29.1 Å². The Labute approximate surface area is 110 Å². The largest absolute Gasteiger partial charge is 0.322 e. The molecule has 2 aromatic carbocycles. The van der Waals surface area contributed by atoms with Crippen molar-refractivity contribution in [2.45, 2.75) is 13.8 Å². The summed E-state index contributed by atoms with van der Waals surface area (Å²) in [4.78, 5) is 12.1. The molecule has 19 heavy (non-hydrogen) atoms. The molecule has 0 aliphatic rings. The Morgan fingerprint density at radius 2 is 1.84 bits per heavy atom. The molecular formula is C15H13F2NO. The lowest BCUT2D eigenvalue weighted by atomic mass is 10.1. The number of carbonyl (C=O) groups excluding carboxylic acids is 1. The molecule has 2 nitrogen and oxygen atoms in total. The molecule has 0 radical (unpaired) electrons. The second-order valence-electron chi connectivity index (χ2n) is 4.33. The van der Waals surface area contributed by atoms with E-state index < -0.39 is 5.82 Å². The summed E-state index contributed by atoms with van der Waals surface area (Å²) in [5, 5.41) is 2.63. The van der Waals surface area contributed by atoms with Crippen molar-refractivity contribution in [2.75, 3.05) is 5.32 Å². The first-order valence-electron chi connectivity index (χ1n) is 5.81. The first-order chi connectivity index (χ1) is 8.99. The average Bonchev–Trinajstić information content (AvgIpc) is 2.34. The fourth-order valence-corrected chi connectivity index (χ4v) is 1.81. The molecule has 0 heterocycles. The first kappa shape index (κ1) is 13.2. The molecule has 1 amide bonds. The third-order valence-electron chi connectivity index (χ3n) is 2.95. The van der Waals surface area contributed by atoms with Crippen LogP contribution in [-0.4, -0.2) is 5.91 Å². The Hall–Kier alpha value is -2.23. The van der Waals surface area contributed by atoms with Crippen LogP contribution in [0.2, 0.25) is 0 Å². The molecule has 0 aromatic heterocycles. The number of anilines is 1. The highest BCUT2D eigenvalue weighted by Gasteiger charge is 2.12. The van der Waals surface area contributed by atoms with E-state index in [0.29, 0.717) is 22.4 Å². The average molecular weight is 261 g/mol.